The molecule has 0 bridgehead atoms. The third kappa shape index (κ3) is 4.76. The third-order valence-electron chi connectivity index (χ3n) is 7.69. The molecule has 2 aliphatic heterocycles. The second-order valence-electron chi connectivity index (χ2n) is 11.0. The molecule has 2 atom stereocenters. The van der Waals surface area contributed by atoms with Gasteiger partial charge in [0.1, 0.15) is 6.04 Å². The van der Waals surface area contributed by atoms with Crippen LogP contribution in [0.1, 0.15) is 66.1 Å². The molecule has 4 rings (SSSR count). The molecule has 0 radical (unpaired) electrons. The SMILES string of the molecule is COC(=O)N[C@H](C(=O)N1CCC[C@H]1c1cc(=O)c2cc(B3OC(C)(C)C(C)(C)O3)ccc2[nH]1)C(C)C. The quantitative estimate of drug-likeness (QED) is 0.615. The van der Waals surface area contributed by atoms with Crippen molar-refractivity contribution in [3.8, 4) is 0 Å². The highest BCUT2D eigenvalue weighted by Gasteiger charge is 2.51. The van der Waals surface area contributed by atoms with E-state index in [1.807, 2.05) is 59.7 Å². The molecule has 2 aliphatic rings. The number of carbonyl (C=O) groups is 2. The number of benzene rings is 1. The molecule has 2 saturated heterocycles. The molecule has 2 amide bonds. The minimum absolute atomic E-state index is 0.123. The van der Waals surface area contributed by atoms with Gasteiger partial charge in [0.2, 0.25) is 5.91 Å². The van der Waals surface area contributed by atoms with Crippen LogP contribution in [0.25, 0.3) is 10.9 Å². The summed E-state index contributed by atoms with van der Waals surface area (Å²) in [6.07, 6.45) is 0.887. The number of nitrogens with zero attached hydrogens (tertiary/aromatic N) is 1. The predicted molar refractivity (Wildman–Crippen MR) is 138 cm³/mol. The van der Waals surface area contributed by atoms with Crippen molar-refractivity contribution in [3.05, 3.63) is 40.2 Å². The maximum absolute atomic E-state index is 13.4. The Balaban J connectivity index is 1.62. The highest BCUT2D eigenvalue weighted by molar-refractivity contribution is 6.62. The summed E-state index contributed by atoms with van der Waals surface area (Å²) in [5, 5.41) is 3.19. The molecule has 1 aromatic heterocycles. The Kier molecular flexibility index (Phi) is 6.96. The molecule has 2 aromatic rings. The Bertz CT molecular complexity index is 1210. The molecule has 0 unspecified atom stereocenters. The lowest BCUT2D eigenvalue weighted by atomic mass is 9.78. The maximum Gasteiger partial charge on any atom is 0.494 e. The van der Waals surface area contributed by atoms with Crippen molar-refractivity contribution in [1.82, 2.24) is 15.2 Å². The molecular weight excluding hydrogens is 461 g/mol. The van der Waals surface area contributed by atoms with E-state index in [-0.39, 0.29) is 23.3 Å². The fraction of sp³-hybridized carbons (Fsp3) is 0.577. The Hall–Kier alpha value is -2.85. The van der Waals surface area contributed by atoms with Crippen LogP contribution in [0.4, 0.5) is 4.79 Å². The van der Waals surface area contributed by atoms with Gasteiger partial charge in [0.05, 0.1) is 24.4 Å². The molecule has 194 valence electrons. The minimum Gasteiger partial charge on any atom is -0.453 e. The number of amides is 2. The van der Waals surface area contributed by atoms with Gasteiger partial charge in [0.15, 0.2) is 5.43 Å². The summed E-state index contributed by atoms with van der Waals surface area (Å²) in [7, 11) is 0.713. The first-order valence-corrected chi connectivity index (χ1v) is 12.5. The summed E-state index contributed by atoms with van der Waals surface area (Å²) in [5.41, 5.74) is 1.07. The molecule has 2 N–H and O–H groups in total. The van der Waals surface area contributed by atoms with Crippen LogP contribution < -0.4 is 16.2 Å². The summed E-state index contributed by atoms with van der Waals surface area (Å²) >= 11 is 0. The normalized spacial score (nSPS) is 21.7. The zero-order chi connectivity index (χ0) is 26.4. The number of aromatic nitrogens is 1. The second-order valence-corrected chi connectivity index (χ2v) is 11.0. The van der Waals surface area contributed by atoms with E-state index >= 15 is 0 Å². The van der Waals surface area contributed by atoms with Crippen LogP contribution in [-0.4, -0.2) is 59.9 Å². The van der Waals surface area contributed by atoms with E-state index in [9.17, 15) is 14.4 Å². The first-order chi connectivity index (χ1) is 16.8. The number of fused-ring (bicyclic) bond motifs is 1. The highest BCUT2D eigenvalue weighted by atomic mass is 16.7. The molecule has 3 heterocycles. The fourth-order valence-electron chi connectivity index (χ4n) is 4.82. The number of carbonyl (C=O) groups excluding carboxylic acids is 2. The number of hydrogen-bond donors (Lipinski definition) is 2. The van der Waals surface area contributed by atoms with Gasteiger partial charge >= 0.3 is 13.2 Å². The Morgan fingerprint density at radius 2 is 1.83 bits per heavy atom. The molecule has 2 fully saturated rings. The third-order valence-corrected chi connectivity index (χ3v) is 7.69. The molecule has 0 spiro atoms. The van der Waals surface area contributed by atoms with E-state index in [4.69, 9.17) is 14.0 Å². The number of likely N-dealkylation sites (tertiary alicyclic amines) is 1. The van der Waals surface area contributed by atoms with Gasteiger partial charge in [0.25, 0.3) is 0 Å². The fourth-order valence-corrected chi connectivity index (χ4v) is 4.82. The van der Waals surface area contributed by atoms with Crippen molar-refractivity contribution < 1.29 is 23.6 Å². The van der Waals surface area contributed by atoms with Crippen LogP contribution >= 0.6 is 0 Å². The second kappa shape index (κ2) is 9.55. The van der Waals surface area contributed by atoms with Crippen molar-refractivity contribution >= 4 is 35.5 Å². The zero-order valence-electron chi connectivity index (χ0n) is 22.1. The Morgan fingerprint density at radius 1 is 1.17 bits per heavy atom. The monoisotopic (exact) mass is 497 g/mol. The average molecular weight is 497 g/mol. The summed E-state index contributed by atoms with van der Waals surface area (Å²) < 4.78 is 17.0. The number of hydrogen-bond acceptors (Lipinski definition) is 6. The molecular formula is C26H36BN3O6. The lowest BCUT2D eigenvalue weighted by Gasteiger charge is -2.32. The van der Waals surface area contributed by atoms with Gasteiger partial charge in [0, 0.05) is 29.2 Å². The molecule has 10 heteroatoms. The minimum atomic E-state index is -0.715. The number of ether oxygens (including phenoxy) is 1. The topological polar surface area (TPSA) is 110 Å². The zero-order valence-corrected chi connectivity index (χ0v) is 22.1. The van der Waals surface area contributed by atoms with Crippen LogP contribution in [0.3, 0.4) is 0 Å². The van der Waals surface area contributed by atoms with Crippen LogP contribution in [0.15, 0.2) is 29.1 Å². The van der Waals surface area contributed by atoms with E-state index in [1.54, 1.807) is 11.0 Å². The van der Waals surface area contributed by atoms with E-state index in [0.29, 0.717) is 23.1 Å². The molecule has 9 nitrogen and oxygen atoms in total. The van der Waals surface area contributed by atoms with E-state index in [0.717, 1.165) is 18.3 Å². The number of methoxy groups -OCH3 is 1. The van der Waals surface area contributed by atoms with Crippen molar-refractivity contribution in [3.63, 3.8) is 0 Å². The van der Waals surface area contributed by atoms with Crippen molar-refractivity contribution in [2.24, 2.45) is 5.92 Å². The smallest absolute Gasteiger partial charge is 0.453 e. The van der Waals surface area contributed by atoms with Gasteiger partial charge in [-0.3, -0.25) is 9.59 Å². The molecule has 0 aliphatic carbocycles. The van der Waals surface area contributed by atoms with Gasteiger partial charge in [-0.2, -0.15) is 0 Å². The van der Waals surface area contributed by atoms with Crippen LogP contribution in [-0.2, 0) is 18.8 Å². The van der Waals surface area contributed by atoms with Crippen LogP contribution in [0.5, 0.6) is 0 Å². The van der Waals surface area contributed by atoms with E-state index < -0.39 is 30.5 Å². The molecule has 0 saturated carbocycles. The Labute approximate surface area is 212 Å². The first-order valence-electron chi connectivity index (χ1n) is 12.5. The number of H-pyrrole nitrogens is 1. The predicted octanol–water partition coefficient (Wildman–Crippen LogP) is 2.87. The van der Waals surface area contributed by atoms with Crippen molar-refractivity contribution in [2.45, 2.75) is 77.7 Å². The standard InChI is InChI=1S/C26H36BN3O6/c1-15(2)22(29-24(33)34-7)23(32)30-12-8-9-20(30)19-14-21(31)17-13-16(10-11-18(17)28-19)27-35-25(3,4)26(5,6)36-27/h10-11,13-15,20,22H,8-9,12H2,1-7H3,(H,28,31)(H,29,33)/t20-,22-/m0/s1. The lowest BCUT2D eigenvalue weighted by molar-refractivity contribution is -0.135. The summed E-state index contributed by atoms with van der Waals surface area (Å²) in [4.78, 5) is 43.5. The summed E-state index contributed by atoms with van der Waals surface area (Å²) in [6.45, 7) is 12.3. The molecule has 1 aromatic carbocycles. The largest absolute Gasteiger partial charge is 0.494 e. The number of aromatic amines is 1. The van der Waals surface area contributed by atoms with Crippen LogP contribution in [0.2, 0.25) is 0 Å². The van der Waals surface area contributed by atoms with Gasteiger partial charge in [-0.05, 0) is 64.1 Å². The summed E-state index contributed by atoms with van der Waals surface area (Å²) in [6, 6.07) is 6.15. The first kappa shape index (κ1) is 26.2. The Morgan fingerprint density at radius 3 is 2.44 bits per heavy atom. The van der Waals surface area contributed by atoms with Gasteiger partial charge in [-0.25, -0.2) is 4.79 Å². The van der Waals surface area contributed by atoms with E-state index in [2.05, 4.69) is 10.3 Å². The number of alkyl carbamates (subject to hydrolysis) is 1. The molecule has 36 heavy (non-hydrogen) atoms. The number of rotatable bonds is 5. The maximum atomic E-state index is 13.4. The highest BCUT2D eigenvalue weighted by Crippen LogP contribution is 2.37. The van der Waals surface area contributed by atoms with Crippen LogP contribution in [0, 0.1) is 5.92 Å². The average Bonchev–Trinajstić information content (AvgIpc) is 3.38. The van der Waals surface area contributed by atoms with Crippen molar-refractivity contribution in [1.29, 1.82) is 0 Å². The van der Waals surface area contributed by atoms with Gasteiger partial charge in [-0.15, -0.1) is 0 Å². The lowest BCUT2D eigenvalue weighted by Crippen LogP contribution is -2.51. The van der Waals surface area contributed by atoms with E-state index in [1.165, 1.54) is 7.11 Å². The van der Waals surface area contributed by atoms with Crippen molar-refractivity contribution in [2.75, 3.05) is 13.7 Å². The number of pyridine rings is 1. The van der Waals surface area contributed by atoms with Gasteiger partial charge in [-0.1, -0.05) is 19.9 Å². The summed E-state index contributed by atoms with van der Waals surface area (Å²) in [5.74, 6) is -0.308. The number of nitrogens with one attached hydrogen (secondary N) is 2. The van der Waals surface area contributed by atoms with Gasteiger partial charge < -0.3 is 29.2 Å².